The number of Topliss-reactive ketones (excluding diaryl/α,β-unsaturated/α-hetero) is 1. The number of nitriles is 1. The van der Waals surface area contributed by atoms with Crippen LogP contribution in [-0.2, 0) is 11.2 Å². The van der Waals surface area contributed by atoms with Gasteiger partial charge in [0.1, 0.15) is 6.07 Å². The Morgan fingerprint density at radius 2 is 2.25 bits per heavy atom. The molecule has 3 N–H and O–H groups in total. The third kappa shape index (κ3) is 1.81. The van der Waals surface area contributed by atoms with E-state index in [1.807, 2.05) is 30.5 Å². The Hall–Kier alpha value is -2.12. The highest BCUT2D eigenvalue weighted by Crippen LogP contribution is 2.18. The number of aromatic amines is 1. The topological polar surface area (TPSA) is 82.7 Å². The molecule has 4 heteroatoms. The van der Waals surface area contributed by atoms with Gasteiger partial charge in [0, 0.05) is 17.1 Å². The highest BCUT2D eigenvalue weighted by atomic mass is 16.1. The molecule has 0 aliphatic carbocycles. The first-order valence-electron chi connectivity index (χ1n) is 4.97. The molecule has 1 heterocycles. The van der Waals surface area contributed by atoms with E-state index in [0.717, 1.165) is 16.5 Å². The number of nitrogens with one attached hydrogen (secondary N) is 1. The number of benzene rings is 1. The second-order valence-electron chi connectivity index (χ2n) is 3.65. The summed E-state index contributed by atoms with van der Waals surface area (Å²) in [4.78, 5) is 14.2. The lowest BCUT2D eigenvalue weighted by atomic mass is 10.0. The van der Waals surface area contributed by atoms with Crippen molar-refractivity contribution in [1.29, 1.82) is 5.26 Å². The third-order valence-corrected chi connectivity index (χ3v) is 2.56. The molecule has 4 nitrogen and oxygen atoms in total. The fourth-order valence-corrected chi connectivity index (χ4v) is 1.71. The van der Waals surface area contributed by atoms with Crippen molar-refractivity contribution >= 4 is 16.7 Å². The fraction of sp³-hybridized carbons (Fsp3) is 0.167. The van der Waals surface area contributed by atoms with Gasteiger partial charge < -0.3 is 10.7 Å². The molecule has 16 heavy (non-hydrogen) atoms. The van der Waals surface area contributed by atoms with Crippen LogP contribution in [0.15, 0.2) is 30.5 Å². The number of ketones is 1. The number of aromatic nitrogens is 1. The number of hydrogen-bond acceptors (Lipinski definition) is 3. The van der Waals surface area contributed by atoms with Crippen molar-refractivity contribution < 1.29 is 4.79 Å². The fourth-order valence-electron chi connectivity index (χ4n) is 1.71. The van der Waals surface area contributed by atoms with Gasteiger partial charge in [0.05, 0.1) is 6.04 Å². The first kappa shape index (κ1) is 10.4. The van der Waals surface area contributed by atoms with Crippen LogP contribution in [0.3, 0.4) is 0 Å². The summed E-state index contributed by atoms with van der Waals surface area (Å²) in [5.41, 5.74) is 7.60. The van der Waals surface area contributed by atoms with Gasteiger partial charge in [0.25, 0.3) is 0 Å². The zero-order valence-corrected chi connectivity index (χ0v) is 8.60. The number of carbonyl (C=O) groups excluding carboxylic acids is 1. The monoisotopic (exact) mass is 213 g/mol. The van der Waals surface area contributed by atoms with Crippen molar-refractivity contribution in [3.8, 4) is 6.07 Å². The summed E-state index contributed by atoms with van der Waals surface area (Å²) in [6.45, 7) is 0. The van der Waals surface area contributed by atoms with E-state index in [0.29, 0.717) is 6.42 Å². The van der Waals surface area contributed by atoms with Crippen LogP contribution in [0.5, 0.6) is 0 Å². The summed E-state index contributed by atoms with van der Waals surface area (Å²) in [5, 5.41) is 9.50. The first-order chi connectivity index (χ1) is 7.72. The maximum Gasteiger partial charge on any atom is 0.248 e. The number of nitrogens with two attached hydrogens (primary N) is 1. The van der Waals surface area contributed by atoms with E-state index in [2.05, 4.69) is 4.98 Å². The standard InChI is InChI=1S/C12H11N3O/c13-6-12(16)10(14)5-8-7-15-11-4-2-1-3-9(8)11/h1-4,7,10,15H,5,14H2/t10-/m0/s1. The quantitative estimate of drug-likeness (QED) is 0.750. The maximum atomic E-state index is 11.1. The smallest absolute Gasteiger partial charge is 0.248 e. The molecule has 0 aliphatic heterocycles. The number of para-hydroxylation sites is 1. The minimum absolute atomic E-state index is 0.385. The van der Waals surface area contributed by atoms with E-state index >= 15 is 0 Å². The molecule has 2 aromatic rings. The number of fused-ring (bicyclic) bond motifs is 1. The van der Waals surface area contributed by atoms with Crippen LogP contribution in [0.4, 0.5) is 0 Å². The second-order valence-corrected chi connectivity index (χ2v) is 3.65. The molecule has 1 atom stereocenters. The molecule has 0 radical (unpaired) electrons. The molecule has 1 aromatic heterocycles. The van der Waals surface area contributed by atoms with Crippen LogP contribution in [0.1, 0.15) is 5.56 Å². The molecule has 0 amide bonds. The van der Waals surface area contributed by atoms with Crippen molar-refractivity contribution in [2.45, 2.75) is 12.5 Å². The van der Waals surface area contributed by atoms with E-state index in [-0.39, 0.29) is 0 Å². The first-order valence-corrected chi connectivity index (χ1v) is 4.97. The molecular weight excluding hydrogens is 202 g/mol. The number of nitrogens with zero attached hydrogens (tertiary/aromatic N) is 1. The molecule has 0 bridgehead atoms. The van der Waals surface area contributed by atoms with Crippen molar-refractivity contribution in [2.24, 2.45) is 5.73 Å². The average molecular weight is 213 g/mol. The highest BCUT2D eigenvalue weighted by molar-refractivity contribution is 5.98. The Morgan fingerprint density at radius 3 is 3.00 bits per heavy atom. The Balaban J connectivity index is 2.29. The van der Waals surface area contributed by atoms with Crippen LogP contribution >= 0.6 is 0 Å². The second kappa shape index (κ2) is 4.17. The van der Waals surface area contributed by atoms with Gasteiger partial charge in [0.15, 0.2) is 0 Å². The number of carbonyl (C=O) groups is 1. The molecule has 0 saturated heterocycles. The Morgan fingerprint density at radius 1 is 1.50 bits per heavy atom. The van der Waals surface area contributed by atoms with Gasteiger partial charge in [-0.1, -0.05) is 18.2 Å². The van der Waals surface area contributed by atoms with Gasteiger partial charge in [-0.25, -0.2) is 0 Å². The zero-order chi connectivity index (χ0) is 11.5. The van der Waals surface area contributed by atoms with E-state index < -0.39 is 11.8 Å². The average Bonchev–Trinajstić information content (AvgIpc) is 2.72. The molecule has 0 saturated carbocycles. The van der Waals surface area contributed by atoms with Crippen molar-refractivity contribution in [1.82, 2.24) is 4.98 Å². The van der Waals surface area contributed by atoms with Crippen molar-refractivity contribution in [3.63, 3.8) is 0 Å². The van der Waals surface area contributed by atoms with Gasteiger partial charge in [-0.15, -0.1) is 0 Å². The van der Waals surface area contributed by atoms with Gasteiger partial charge in [-0.2, -0.15) is 5.26 Å². The molecule has 0 spiro atoms. The molecule has 0 fully saturated rings. The predicted octanol–water partition coefficient (Wildman–Crippen LogP) is 1.13. The van der Waals surface area contributed by atoms with Crippen LogP contribution in [-0.4, -0.2) is 16.8 Å². The molecular formula is C12H11N3O. The third-order valence-electron chi connectivity index (χ3n) is 2.56. The molecule has 80 valence electrons. The number of rotatable bonds is 3. The van der Waals surface area contributed by atoms with Crippen LogP contribution in [0, 0.1) is 11.3 Å². The highest BCUT2D eigenvalue weighted by Gasteiger charge is 2.15. The van der Waals surface area contributed by atoms with Crippen LogP contribution in [0.2, 0.25) is 0 Å². The van der Waals surface area contributed by atoms with Crippen LogP contribution < -0.4 is 5.73 Å². The maximum absolute atomic E-state index is 11.1. The van der Waals surface area contributed by atoms with E-state index in [9.17, 15) is 4.79 Å². The lowest BCUT2D eigenvalue weighted by Gasteiger charge is -2.04. The van der Waals surface area contributed by atoms with Crippen molar-refractivity contribution in [2.75, 3.05) is 0 Å². The summed E-state index contributed by atoms with van der Waals surface area (Å²) in [6, 6.07) is 8.58. The molecule has 0 unspecified atom stereocenters. The van der Waals surface area contributed by atoms with E-state index in [4.69, 9.17) is 11.0 Å². The Labute approximate surface area is 92.7 Å². The lowest BCUT2D eigenvalue weighted by Crippen LogP contribution is -2.31. The van der Waals surface area contributed by atoms with E-state index in [1.165, 1.54) is 0 Å². The number of H-pyrrole nitrogens is 1. The number of hydrogen-bond donors (Lipinski definition) is 2. The summed E-state index contributed by atoms with van der Waals surface area (Å²) in [5.74, 6) is -0.578. The zero-order valence-electron chi connectivity index (χ0n) is 8.60. The SMILES string of the molecule is N#CC(=O)[C@@H](N)Cc1c[nH]c2ccccc12. The largest absolute Gasteiger partial charge is 0.361 e. The van der Waals surface area contributed by atoms with Gasteiger partial charge in [0.2, 0.25) is 5.78 Å². The molecule has 0 aliphatic rings. The van der Waals surface area contributed by atoms with Crippen LogP contribution in [0.25, 0.3) is 10.9 Å². The summed E-state index contributed by atoms with van der Waals surface area (Å²) < 4.78 is 0. The van der Waals surface area contributed by atoms with Gasteiger partial charge in [-0.05, 0) is 18.1 Å². The van der Waals surface area contributed by atoms with Crippen molar-refractivity contribution in [3.05, 3.63) is 36.0 Å². The summed E-state index contributed by atoms with van der Waals surface area (Å²) in [6.07, 6.45) is 2.21. The minimum Gasteiger partial charge on any atom is -0.361 e. The summed E-state index contributed by atoms with van der Waals surface area (Å²) in [7, 11) is 0. The Kier molecular flexibility index (Phi) is 2.71. The molecule has 2 rings (SSSR count). The van der Waals surface area contributed by atoms with Gasteiger partial charge >= 0.3 is 0 Å². The predicted molar refractivity (Wildman–Crippen MR) is 60.6 cm³/mol. The van der Waals surface area contributed by atoms with Gasteiger partial charge in [-0.3, -0.25) is 4.79 Å². The molecule has 1 aromatic carbocycles. The van der Waals surface area contributed by atoms with E-state index in [1.54, 1.807) is 6.07 Å². The minimum atomic E-state index is -0.746. The normalized spacial score (nSPS) is 12.2. The lowest BCUT2D eigenvalue weighted by molar-refractivity contribution is -0.115. The summed E-state index contributed by atoms with van der Waals surface area (Å²) >= 11 is 0. The Bertz CT molecular complexity index is 565.